The molecule has 0 saturated heterocycles. The van der Waals surface area contributed by atoms with Crippen molar-refractivity contribution in [2.75, 3.05) is 6.61 Å². The number of aryl methyl sites for hydroxylation is 1. The molecule has 1 aromatic rings. The van der Waals surface area contributed by atoms with Gasteiger partial charge in [-0.05, 0) is 67.1 Å². The van der Waals surface area contributed by atoms with Crippen molar-refractivity contribution in [2.45, 2.75) is 136 Å². The summed E-state index contributed by atoms with van der Waals surface area (Å²) in [5, 5.41) is 0. The molecule has 0 unspecified atom stereocenters. The predicted molar refractivity (Wildman–Crippen MR) is 144 cm³/mol. The van der Waals surface area contributed by atoms with Crippen LogP contribution in [0.5, 0.6) is 5.75 Å². The minimum absolute atomic E-state index is 0.886. The summed E-state index contributed by atoms with van der Waals surface area (Å²) in [6.07, 6.45) is 27.0. The van der Waals surface area contributed by atoms with Crippen LogP contribution >= 0.6 is 0 Å². The number of benzene rings is 1. The zero-order chi connectivity index (χ0) is 23.1. The van der Waals surface area contributed by atoms with Crippen LogP contribution < -0.4 is 4.74 Å². The SMILES string of the molecule is CCCCCC1CCC(CCc2ccc(OCCCC3CCC(CCCC)CC3)cc2)CC1. The standard InChI is InChI=1S/C32H54O/c1-3-5-7-10-28-16-18-30(19-17-28)20-21-31-22-24-32(25-23-31)33-26-8-11-29-14-12-27(13-15-29)9-6-4-2/h22-25,27-30H,3-21,26H2,1-2H3. The quantitative estimate of drug-likeness (QED) is 0.239. The van der Waals surface area contributed by atoms with Gasteiger partial charge in [0.2, 0.25) is 0 Å². The predicted octanol–water partition coefficient (Wildman–Crippen LogP) is 10.2. The van der Waals surface area contributed by atoms with Crippen LogP contribution in [-0.4, -0.2) is 6.61 Å². The molecule has 2 saturated carbocycles. The van der Waals surface area contributed by atoms with Gasteiger partial charge in [-0.1, -0.05) is 122 Å². The zero-order valence-corrected chi connectivity index (χ0v) is 22.2. The van der Waals surface area contributed by atoms with Gasteiger partial charge in [0.15, 0.2) is 0 Å². The Labute approximate surface area is 206 Å². The van der Waals surface area contributed by atoms with Gasteiger partial charge in [-0.25, -0.2) is 0 Å². The molecule has 2 fully saturated rings. The molecule has 188 valence electrons. The van der Waals surface area contributed by atoms with Gasteiger partial charge in [-0.3, -0.25) is 0 Å². The van der Waals surface area contributed by atoms with E-state index < -0.39 is 0 Å². The van der Waals surface area contributed by atoms with Crippen LogP contribution in [-0.2, 0) is 6.42 Å². The highest BCUT2D eigenvalue weighted by atomic mass is 16.5. The van der Waals surface area contributed by atoms with Crippen LogP contribution in [0.4, 0.5) is 0 Å². The van der Waals surface area contributed by atoms with E-state index in [9.17, 15) is 0 Å². The van der Waals surface area contributed by atoms with Crippen LogP contribution in [0.15, 0.2) is 24.3 Å². The molecular weight excluding hydrogens is 400 g/mol. The summed E-state index contributed by atoms with van der Waals surface area (Å²) in [7, 11) is 0. The molecule has 1 aromatic carbocycles. The maximum Gasteiger partial charge on any atom is 0.119 e. The van der Waals surface area contributed by atoms with E-state index in [1.807, 2.05) is 0 Å². The number of rotatable bonds is 15. The number of hydrogen-bond donors (Lipinski definition) is 0. The van der Waals surface area contributed by atoms with Crippen molar-refractivity contribution < 1.29 is 4.74 Å². The summed E-state index contributed by atoms with van der Waals surface area (Å²) in [6, 6.07) is 9.03. The van der Waals surface area contributed by atoms with E-state index in [-0.39, 0.29) is 0 Å². The topological polar surface area (TPSA) is 9.23 Å². The minimum Gasteiger partial charge on any atom is -0.494 e. The monoisotopic (exact) mass is 454 g/mol. The van der Waals surface area contributed by atoms with E-state index in [0.717, 1.165) is 36.0 Å². The van der Waals surface area contributed by atoms with Crippen LogP contribution in [0, 0.1) is 23.7 Å². The van der Waals surface area contributed by atoms with Gasteiger partial charge < -0.3 is 4.74 Å². The number of hydrogen-bond acceptors (Lipinski definition) is 1. The Morgan fingerprint density at radius 1 is 0.576 bits per heavy atom. The van der Waals surface area contributed by atoms with Gasteiger partial charge in [-0.15, -0.1) is 0 Å². The normalized spacial score (nSPS) is 25.8. The zero-order valence-electron chi connectivity index (χ0n) is 22.2. The van der Waals surface area contributed by atoms with E-state index in [4.69, 9.17) is 4.74 Å². The highest BCUT2D eigenvalue weighted by molar-refractivity contribution is 5.27. The Balaban J connectivity index is 1.22. The molecule has 3 rings (SSSR count). The second-order valence-electron chi connectivity index (χ2n) is 11.6. The first-order valence-corrected chi connectivity index (χ1v) is 15.0. The first kappa shape index (κ1) is 26.6. The Morgan fingerprint density at radius 3 is 1.61 bits per heavy atom. The van der Waals surface area contributed by atoms with Crippen molar-refractivity contribution in [3.05, 3.63) is 29.8 Å². The Kier molecular flexibility index (Phi) is 12.8. The summed E-state index contributed by atoms with van der Waals surface area (Å²) in [5.74, 6) is 5.05. The summed E-state index contributed by atoms with van der Waals surface area (Å²) < 4.78 is 6.07. The van der Waals surface area contributed by atoms with Crippen molar-refractivity contribution in [2.24, 2.45) is 23.7 Å². The smallest absolute Gasteiger partial charge is 0.119 e. The van der Waals surface area contributed by atoms with Crippen molar-refractivity contribution in [3.8, 4) is 5.75 Å². The molecule has 0 atom stereocenters. The first-order valence-electron chi connectivity index (χ1n) is 15.0. The van der Waals surface area contributed by atoms with E-state index in [0.29, 0.717) is 0 Å². The molecule has 0 N–H and O–H groups in total. The number of ether oxygens (including phenoxy) is 1. The van der Waals surface area contributed by atoms with Crippen molar-refractivity contribution >= 4 is 0 Å². The lowest BCUT2D eigenvalue weighted by Crippen LogP contribution is -2.15. The molecule has 2 aliphatic rings. The fourth-order valence-corrected chi connectivity index (χ4v) is 6.48. The fraction of sp³-hybridized carbons (Fsp3) is 0.812. The summed E-state index contributed by atoms with van der Waals surface area (Å²) >= 11 is 0. The molecule has 0 amide bonds. The molecule has 0 radical (unpaired) electrons. The van der Waals surface area contributed by atoms with Crippen LogP contribution in [0.25, 0.3) is 0 Å². The Bertz CT molecular complexity index is 589. The third kappa shape index (κ3) is 10.4. The van der Waals surface area contributed by atoms with Gasteiger partial charge in [0.1, 0.15) is 5.75 Å². The largest absolute Gasteiger partial charge is 0.494 e. The molecule has 0 aliphatic heterocycles. The van der Waals surface area contributed by atoms with Crippen LogP contribution in [0.1, 0.15) is 135 Å². The second-order valence-corrected chi connectivity index (χ2v) is 11.6. The van der Waals surface area contributed by atoms with E-state index >= 15 is 0 Å². The lowest BCUT2D eigenvalue weighted by atomic mass is 9.78. The van der Waals surface area contributed by atoms with Gasteiger partial charge in [-0.2, -0.15) is 0 Å². The highest BCUT2D eigenvalue weighted by Gasteiger charge is 2.21. The van der Waals surface area contributed by atoms with Gasteiger partial charge >= 0.3 is 0 Å². The lowest BCUT2D eigenvalue weighted by Gasteiger charge is -2.28. The summed E-state index contributed by atoms with van der Waals surface area (Å²) in [6.45, 7) is 5.52. The second kappa shape index (κ2) is 15.8. The number of unbranched alkanes of at least 4 members (excludes halogenated alkanes) is 3. The summed E-state index contributed by atoms with van der Waals surface area (Å²) in [5.41, 5.74) is 1.49. The van der Waals surface area contributed by atoms with Crippen LogP contribution in [0.2, 0.25) is 0 Å². The lowest BCUT2D eigenvalue weighted by molar-refractivity contribution is 0.228. The average Bonchev–Trinajstić information content (AvgIpc) is 2.86. The van der Waals surface area contributed by atoms with Crippen molar-refractivity contribution in [1.29, 1.82) is 0 Å². The van der Waals surface area contributed by atoms with Crippen molar-refractivity contribution in [3.63, 3.8) is 0 Å². The molecule has 33 heavy (non-hydrogen) atoms. The van der Waals surface area contributed by atoms with Crippen LogP contribution in [0.3, 0.4) is 0 Å². The van der Waals surface area contributed by atoms with E-state index in [1.54, 1.807) is 0 Å². The van der Waals surface area contributed by atoms with Gasteiger partial charge in [0.25, 0.3) is 0 Å². The molecule has 0 bridgehead atoms. The third-order valence-corrected chi connectivity index (χ3v) is 8.90. The maximum absolute atomic E-state index is 6.07. The fourth-order valence-electron chi connectivity index (χ4n) is 6.48. The Morgan fingerprint density at radius 2 is 1.06 bits per heavy atom. The average molecular weight is 455 g/mol. The van der Waals surface area contributed by atoms with Crippen molar-refractivity contribution in [1.82, 2.24) is 0 Å². The first-order chi connectivity index (χ1) is 16.3. The molecule has 0 spiro atoms. The Hall–Kier alpha value is -0.980. The van der Waals surface area contributed by atoms with E-state index in [2.05, 4.69) is 38.1 Å². The minimum atomic E-state index is 0.886. The molecule has 1 nitrogen and oxygen atoms in total. The van der Waals surface area contributed by atoms with Gasteiger partial charge in [0.05, 0.1) is 6.61 Å². The van der Waals surface area contributed by atoms with E-state index in [1.165, 1.54) is 128 Å². The maximum atomic E-state index is 6.07. The third-order valence-electron chi connectivity index (χ3n) is 8.90. The molecule has 0 heterocycles. The molecule has 0 aromatic heterocycles. The highest BCUT2D eigenvalue weighted by Crippen LogP contribution is 2.35. The molecule has 2 aliphatic carbocycles. The van der Waals surface area contributed by atoms with Gasteiger partial charge in [0, 0.05) is 0 Å². The molecule has 1 heteroatoms. The molecular formula is C32H54O. The summed E-state index contributed by atoms with van der Waals surface area (Å²) in [4.78, 5) is 0.